The van der Waals surface area contributed by atoms with Gasteiger partial charge >= 0.3 is 0 Å². The largest absolute Gasteiger partial charge is 0.322 e. The zero-order valence-corrected chi connectivity index (χ0v) is 19.2. The van der Waals surface area contributed by atoms with Crippen LogP contribution in [0.4, 0.5) is 14.5 Å². The van der Waals surface area contributed by atoms with Crippen molar-refractivity contribution in [1.82, 2.24) is 4.31 Å². The Labute approximate surface area is 198 Å². The first-order valence-corrected chi connectivity index (χ1v) is 11.6. The van der Waals surface area contributed by atoms with Gasteiger partial charge in [-0.25, -0.2) is 17.2 Å². The maximum absolute atomic E-state index is 13.9. The van der Waals surface area contributed by atoms with Crippen LogP contribution < -0.4 is 5.32 Å². The third-order valence-electron chi connectivity index (χ3n) is 4.32. The Morgan fingerprint density at radius 2 is 1.59 bits per heavy atom. The average molecular weight is 520 g/mol. The zero-order valence-electron chi connectivity index (χ0n) is 16.2. The van der Waals surface area contributed by atoms with Crippen LogP contribution in [-0.2, 0) is 21.4 Å². The highest BCUT2D eigenvalue weighted by Gasteiger charge is 2.27. The molecule has 3 aromatic carbocycles. The Hall–Kier alpha value is -2.23. The van der Waals surface area contributed by atoms with Crippen molar-refractivity contribution < 1.29 is 22.0 Å². The van der Waals surface area contributed by atoms with Gasteiger partial charge in [-0.05, 0) is 54.1 Å². The highest BCUT2D eigenvalue weighted by molar-refractivity contribution is 7.89. The van der Waals surface area contributed by atoms with Crippen LogP contribution in [0.2, 0.25) is 15.1 Å². The maximum Gasteiger partial charge on any atom is 0.243 e. The van der Waals surface area contributed by atoms with Gasteiger partial charge in [0.05, 0.1) is 27.2 Å². The maximum atomic E-state index is 13.9. The molecule has 0 aliphatic carbocycles. The van der Waals surface area contributed by atoms with Crippen LogP contribution in [0.1, 0.15) is 5.56 Å². The van der Waals surface area contributed by atoms with Crippen molar-refractivity contribution in [3.63, 3.8) is 0 Å². The van der Waals surface area contributed by atoms with Crippen LogP contribution in [-0.4, -0.2) is 25.2 Å². The molecule has 32 heavy (non-hydrogen) atoms. The smallest absolute Gasteiger partial charge is 0.243 e. The van der Waals surface area contributed by atoms with Crippen molar-refractivity contribution in [2.45, 2.75) is 11.4 Å². The van der Waals surface area contributed by atoms with Crippen molar-refractivity contribution in [2.24, 2.45) is 0 Å². The monoisotopic (exact) mass is 518 g/mol. The molecule has 0 atom stereocenters. The summed E-state index contributed by atoms with van der Waals surface area (Å²) >= 11 is 17.8. The Balaban J connectivity index is 1.90. The minimum atomic E-state index is -4.16. The van der Waals surface area contributed by atoms with E-state index in [9.17, 15) is 22.0 Å². The van der Waals surface area contributed by atoms with E-state index in [2.05, 4.69) is 5.32 Å². The van der Waals surface area contributed by atoms with Crippen molar-refractivity contribution in [1.29, 1.82) is 0 Å². The summed E-state index contributed by atoms with van der Waals surface area (Å²) in [5, 5.41) is 3.09. The molecule has 1 N–H and O–H groups in total. The molecule has 0 unspecified atom stereocenters. The van der Waals surface area contributed by atoms with E-state index in [1.165, 1.54) is 36.4 Å². The van der Waals surface area contributed by atoms with E-state index in [0.717, 1.165) is 16.4 Å². The average Bonchev–Trinajstić information content (AvgIpc) is 2.72. The lowest BCUT2D eigenvalue weighted by Crippen LogP contribution is -2.37. The number of hydrogen-bond donors (Lipinski definition) is 1. The van der Waals surface area contributed by atoms with Gasteiger partial charge < -0.3 is 5.32 Å². The highest BCUT2D eigenvalue weighted by atomic mass is 35.5. The number of halogens is 5. The number of nitrogens with one attached hydrogen (secondary N) is 1. The molecule has 5 nitrogen and oxygen atoms in total. The molecular weight excluding hydrogens is 505 g/mol. The van der Waals surface area contributed by atoms with E-state index >= 15 is 0 Å². The van der Waals surface area contributed by atoms with Crippen molar-refractivity contribution >= 4 is 56.4 Å². The second kappa shape index (κ2) is 10.1. The van der Waals surface area contributed by atoms with Gasteiger partial charge in [-0.2, -0.15) is 4.31 Å². The van der Waals surface area contributed by atoms with Crippen molar-refractivity contribution in [2.75, 3.05) is 11.9 Å². The van der Waals surface area contributed by atoms with Crippen LogP contribution in [0.3, 0.4) is 0 Å². The summed E-state index contributed by atoms with van der Waals surface area (Å²) in [6.07, 6.45) is 0. The molecule has 168 valence electrons. The van der Waals surface area contributed by atoms with Gasteiger partial charge in [-0.15, -0.1) is 0 Å². The second-order valence-electron chi connectivity index (χ2n) is 6.65. The molecule has 0 saturated heterocycles. The third-order valence-corrected chi connectivity index (χ3v) is 7.12. The lowest BCUT2D eigenvalue weighted by Gasteiger charge is -2.22. The summed E-state index contributed by atoms with van der Waals surface area (Å²) < 4.78 is 54.3. The quantitative estimate of drug-likeness (QED) is 0.432. The first-order valence-electron chi connectivity index (χ1n) is 9.01. The summed E-state index contributed by atoms with van der Waals surface area (Å²) in [7, 11) is -4.16. The fraction of sp³-hybridized carbons (Fsp3) is 0.0952. The second-order valence-corrected chi connectivity index (χ2v) is 9.84. The lowest BCUT2D eigenvalue weighted by atomic mass is 10.2. The predicted molar refractivity (Wildman–Crippen MR) is 120 cm³/mol. The summed E-state index contributed by atoms with van der Waals surface area (Å²) in [6.45, 7) is -0.872. The summed E-state index contributed by atoms with van der Waals surface area (Å²) in [5.74, 6) is -2.63. The topological polar surface area (TPSA) is 66.5 Å². The number of carbonyl (C=O) groups is 1. The number of hydrogen-bond acceptors (Lipinski definition) is 3. The lowest BCUT2D eigenvalue weighted by molar-refractivity contribution is -0.116. The standard InChI is InChI=1S/C21H15Cl3F2N2O3S/c22-14-2-5-16(6-3-14)32(30,31)28(11-13-1-7-17(23)18(24)9-13)12-21(29)27-20-8-4-15(25)10-19(20)26/h1-10H,11-12H2,(H,27,29). The number of carbonyl (C=O) groups excluding carboxylic acids is 1. The number of anilines is 1. The number of nitrogens with zero attached hydrogens (tertiary/aromatic N) is 1. The molecule has 0 aliphatic rings. The van der Waals surface area contributed by atoms with E-state index in [1.807, 2.05) is 0 Å². The third kappa shape index (κ3) is 5.96. The summed E-state index contributed by atoms with van der Waals surface area (Å²) in [6, 6.07) is 12.6. The van der Waals surface area contributed by atoms with Crippen LogP contribution in [0.15, 0.2) is 65.6 Å². The molecule has 3 rings (SSSR count). The zero-order chi connectivity index (χ0) is 23.5. The van der Waals surface area contributed by atoms with E-state index < -0.39 is 34.1 Å². The van der Waals surface area contributed by atoms with Crippen LogP contribution >= 0.6 is 34.8 Å². The molecule has 0 radical (unpaired) electrons. The molecule has 0 fully saturated rings. The van der Waals surface area contributed by atoms with Crippen molar-refractivity contribution in [3.05, 3.63) is 92.9 Å². The van der Waals surface area contributed by atoms with Gasteiger partial charge in [-0.1, -0.05) is 40.9 Å². The first kappa shape index (κ1) is 24.4. The molecule has 0 saturated carbocycles. The summed E-state index contributed by atoms with van der Waals surface area (Å²) in [4.78, 5) is 12.5. The predicted octanol–water partition coefficient (Wildman–Crippen LogP) is 5.75. The normalized spacial score (nSPS) is 11.6. The molecule has 0 heterocycles. The van der Waals surface area contributed by atoms with Crippen LogP contribution in [0.25, 0.3) is 0 Å². The Morgan fingerprint density at radius 3 is 2.22 bits per heavy atom. The summed E-state index contributed by atoms with van der Waals surface area (Å²) in [5.41, 5.74) is 0.187. The SMILES string of the molecule is O=C(CN(Cc1ccc(Cl)c(Cl)c1)S(=O)(=O)c1ccc(Cl)cc1)Nc1ccc(F)cc1F. The molecule has 11 heteroatoms. The fourth-order valence-electron chi connectivity index (χ4n) is 2.76. The van der Waals surface area contributed by atoms with Gasteiger partial charge in [0.15, 0.2) is 0 Å². The van der Waals surface area contributed by atoms with Gasteiger partial charge in [0.1, 0.15) is 11.6 Å². The minimum Gasteiger partial charge on any atom is -0.322 e. The van der Waals surface area contributed by atoms with Gasteiger partial charge in [0.2, 0.25) is 15.9 Å². The van der Waals surface area contributed by atoms with E-state index in [4.69, 9.17) is 34.8 Å². The molecule has 0 spiro atoms. The molecule has 3 aromatic rings. The number of rotatable bonds is 7. The Bertz CT molecular complexity index is 1260. The van der Waals surface area contributed by atoms with E-state index in [0.29, 0.717) is 16.7 Å². The van der Waals surface area contributed by atoms with E-state index in [-0.39, 0.29) is 27.2 Å². The molecule has 0 aliphatic heterocycles. The van der Waals surface area contributed by atoms with Crippen LogP contribution in [0.5, 0.6) is 0 Å². The molecule has 0 aromatic heterocycles. The molecular formula is C21H15Cl3F2N2O3S. The number of amides is 1. The molecule has 1 amide bonds. The van der Waals surface area contributed by atoms with E-state index in [1.54, 1.807) is 6.07 Å². The minimum absolute atomic E-state index is 0.0947. The van der Waals surface area contributed by atoms with Gasteiger partial charge in [-0.3, -0.25) is 4.79 Å². The number of sulfonamides is 1. The van der Waals surface area contributed by atoms with Crippen LogP contribution in [0, 0.1) is 11.6 Å². The first-order chi connectivity index (χ1) is 15.1. The van der Waals surface area contributed by atoms with Gasteiger partial charge in [0.25, 0.3) is 0 Å². The Morgan fingerprint density at radius 1 is 0.906 bits per heavy atom. The Kier molecular flexibility index (Phi) is 7.74. The fourth-order valence-corrected chi connectivity index (χ4v) is 4.59. The highest BCUT2D eigenvalue weighted by Crippen LogP contribution is 2.26. The molecule has 0 bridgehead atoms. The van der Waals surface area contributed by atoms with Gasteiger partial charge in [0, 0.05) is 17.6 Å². The van der Waals surface area contributed by atoms with Crippen molar-refractivity contribution in [3.8, 4) is 0 Å². The number of benzene rings is 3.